The Kier molecular flexibility index (Phi) is 29.6. The van der Waals surface area contributed by atoms with Gasteiger partial charge >= 0.3 is 51.4 Å². The van der Waals surface area contributed by atoms with E-state index in [1.165, 1.54) is 0 Å². The maximum absolute atomic E-state index is 8.29. The number of aliphatic hydroxyl groups excluding tert-OH is 1. The van der Waals surface area contributed by atoms with E-state index in [0.29, 0.717) is 6.61 Å². The van der Waals surface area contributed by atoms with Crippen LogP contribution >= 0.6 is 0 Å². The number of aliphatic hydroxyl groups is 1. The summed E-state index contributed by atoms with van der Waals surface area (Å²) in [6.45, 7) is 3.83. The molecule has 58 valence electrons. The number of hydrogen-bond donors (Lipinski definition) is 1. The van der Waals surface area contributed by atoms with Gasteiger partial charge < -0.3 is 15.3 Å². The first-order valence-corrected chi connectivity index (χ1v) is 3.10. The summed E-state index contributed by atoms with van der Waals surface area (Å²) in [5, 5.41) is 8.29. The fraction of sp³-hybridized carbons (Fsp3) is 1.00. The molecule has 0 fully saturated rings. The molecule has 0 aliphatic carbocycles. The van der Waals surface area contributed by atoms with Gasteiger partial charge in [0, 0.05) is 19.8 Å². The van der Waals surface area contributed by atoms with Gasteiger partial charge in [0.2, 0.25) is 0 Å². The maximum atomic E-state index is 8.29. The van der Waals surface area contributed by atoms with E-state index < -0.39 is 0 Å². The molecule has 0 aromatic heterocycles. The van der Waals surface area contributed by atoms with Gasteiger partial charge in [-0.1, -0.05) is 6.92 Å². The molecular formula is C6H15KO3. The van der Waals surface area contributed by atoms with Crippen LogP contribution in [0.5, 0.6) is 0 Å². The van der Waals surface area contributed by atoms with Gasteiger partial charge in [0.25, 0.3) is 0 Å². The fourth-order valence-corrected chi connectivity index (χ4v) is 0.413. The van der Waals surface area contributed by atoms with Crippen molar-refractivity contribution in [3.05, 3.63) is 0 Å². The zero-order valence-electron chi connectivity index (χ0n) is 6.84. The Balaban J connectivity index is -0.000000245. The summed E-state index contributed by atoms with van der Waals surface area (Å²) in [5.74, 6) is 0. The molecule has 3 nitrogen and oxygen atoms in total. The van der Waals surface area contributed by atoms with E-state index in [9.17, 15) is 0 Å². The van der Waals surface area contributed by atoms with Crippen LogP contribution in [-0.2, 0) is 4.74 Å². The number of ether oxygens (including phenoxy) is 1. The molecule has 0 heterocycles. The minimum absolute atomic E-state index is 0. The third kappa shape index (κ3) is 16.3. The van der Waals surface area contributed by atoms with E-state index in [1.807, 2.05) is 0 Å². The van der Waals surface area contributed by atoms with Crippen LogP contribution in [0.15, 0.2) is 0 Å². The van der Waals surface area contributed by atoms with Gasteiger partial charge in [0.05, 0.1) is 0 Å². The Morgan fingerprint density at radius 3 is 2.30 bits per heavy atom. The minimum Gasteiger partial charge on any atom is -0.870 e. The molecule has 0 amide bonds. The molecule has 10 heavy (non-hydrogen) atoms. The number of hydrogen-bond acceptors (Lipinski definition) is 3. The van der Waals surface area contributed by atoms with Gasteiger partial charge in [0.15, 0.2) is 0 Å². The molecule has 0 aromatic rings. The van der Waals surface area contributed by atoms with Crippen molar-refractivity contribution in [3.8, 4) is 0 Å². The van der Waals surface area contributed by atoms with Gasteiger partial charge in [-0.3, -0.25) is 0 Å². The quantitative estimate of drug-likeness (QED) is 0.374. The van der Waals surface area contributed by atoms with Crippen molar-refractivity contribution in [1.29, 1.82) is 0 Å². The monoisotopic (exact) mass is 174 g/mol. The van der Waals surface area contributed by atoms with Crippen molar-refractivity contribution < 1.29 is 66.7 Å². The summed E-state index contributed by atoms with van der Waals surface area (Å²) in [6.07, 6.45) is 1.82. The molecule has 0 aromatic carbocycles. The minimum atomic E-state index is 0. The summed E-state index contributed by atoms with van der Waals surface area (Å²) >= 11 is 0. The van der Waals surface area contributed by atoms with Gasteiger partial charge in [-0.25, -0.2) is 0 Å². The predicted octanol–water partition coefficient (Wildman–Crippen LogP) is -2.38. The summed E-state index contributed by atoms with van der Waals surface area (Å²) < 4.78 is 5.06. The fourth-order valence-electron chi connectivity index (χ4n) is 0.413. The standard InChI is InChI=1S/C6H14O2.K.H2O/c1-2-5-8-6-3-4-7;;/h7H,2-6H2,1H3;;1H2/q;+1;/p-1. The Morgan fingerprint density at radius 2 is 1.90 bits per heavy atom. The van der Waals surface area contributed by atoms with Crippen molar-refractivity contribution in [2.24, 2.45) is 0 Å². The summed E-state index contributed by atoms with van der Waals surface area (Å²) in [7, 11) is 0. The van der Waals surface area contributed by atoms with Gasteiger partial charge in [-0.15, -0.1) is 0 Å². The largest absolute Gasteiger partial charge is 1.00 e. The molecule has 0 aliphatic heterocycles. The Bertz CT molecular complexity index is 38.0. The zero-order chi connectivity index (χ0) is 6.24. The van der Waals surface area contributed by atoms with Crippen LogP contribution in [0.1, 0.15) is 19.8 Å². The van der Waals surface area contributed by atoms with E-state index in [0.717, 1.165) is 19.4 Å². The average molecular weight is 174 g/mol. The second kappa shape index (κ2) is 16.9. The smallest absolute Gasteiger partial charge is 0.870 e. The molecule has 4 heteroatoms. The first kappa shape index (κ1) is 17.6. The van der Waals surface area contributed by atoms with Crippen LogP contribution in [0.25, 0.3) is 0 Å². The first-order valence-electron chi connectivity index (χ1n) is 3.10. The number of rotatable bonds is 5. The van der Waals surface area contributed by atoms with Gasteiger partial charge in [-0.05, 0) is 12.8 Å². The molecule has 0 atom stereocenters. The topological polar surface area (TPSA) is 59.5 Å². The van der Waals surface area contributed by atoms with Crippen molar-refractivity contribution in [3.63, 3.8) is 0 Å². The van der Waals surface area contributed by atoms with Crippen LogP contribution in [0.4, 0.5) is 0 Å². The molecule has 0 spiro atoms. The third-order valence-corrected chi connectivity index (χ3v) is 0.795. The second-order valence-corrected chi connectivity index (χ2v) is 1.69. The molecule has 0 aliphatic rings. The van der Waals surface area contributed by atoms with E-state index in [2.05, 4.69) is 6.92 Å². The average Bonchev–Trinajstić information content (AvgIpc) is 1.81. The molecule has 0 unspecified atom stereocenters. The molecule has 0 bridgehead atoms. The Hall–Kier alpha value is 1.52. The van der Waals surface area contributed by atoms with Crippen LogP contribution in [0.2, 0.25) is 0 Å². The Morgan fingerprint density at radius 1 is 1.30 bits per heavy atom. The molecule has 2 N–H and O–H groups in total. The maximum Gasteiger partial charge on any atom is 1.00 e. The summed E-state index contributed by atoms with van der Waals surface area (Å²) in [4.78, 5) is 0. The van der Waals surface area contributed by atoms with Gasteiger partial charge in [-0.2, -0.15) is 0 Å². The van der Waals surface area contributed by atoms with Crippen LogP contribution in [0, 0.1) is 0 Å². The normalized spacial score (nSPS) is 7.80. The van der Waals surface area contributed by atoms with Crippen LogP contribution in [0.3, 0.4) is 0 Å². The zero-order valence-corrected chi connectivity index (χ0v) is 9.96. The molecule has 0 radical (unpaired) electrons. The van der Waals surface area contributed by atoms with Crippen molar-refractivity contribution in [1.82, 2.24) is 0 Å². The molecule has 0 saturated heterocycles. The van der Waals surface area contributed by atoms with Gasteiger partial charge in [0.1, 0.15) is 0 Å². The van der Waals surface area contributed by atoms with Crippen molar-refractivity contribution >= 4 is 0 Å². The van der Waals surface area contributed by atoms with Crippen molar-refractivity contribution in [2.75, 3.05) is 19.8 Å². The predicted molar refractivity (Wildman–Crippen MR) is 34.7 cm³/mol. The first-order chi connectivity index (χ1) is 3.91. The van der Waals surface area contributed by atoms with E-state index in [1.54, 1.807) is 0 Å². The van der Waals surface area contributed by atoms with Crippen molar-refractivity contribution in [2.45, 2.75) is 19.8 Å². The van der Waals surface area contributed by atoms with E-state index in [-0.39, 0.29) is 63.5 Å². The molecule has 0 rings (SSSR count). The van der Waals surface area contributed by atoms with Crippen LogP contribution < -0.4 is 51.4 Å². The SMILES string of the molecule is CCCOCCCO.[K+].[OH-]. The third-order valence-electron chi connectivity index (χ3n) is 0.795. The second-order valence-electron chi connectivity index (χ2n) is 1.69. The molecule has 0 saturated carbocycles. The van der Waals surface area contributed by atoms with Crippen LogP contribution in [-0.4, -0.2) is 30.4 Å². The van der Waals surface area contributed by atoms with E-state index >= 15 is 0 Å². The van der Waals surface area contributed by atoms with E-state index in [4.69, 9.17) is 9.84 Å². The summed E-state index contributed by atoms with van der Waals surface area (Å²) in [6, 6.07) is 0. The molecular weight excluding hydrogens is 159 g/mol. The Labute approximate surface area is 105 Å². The summed E-state index contributed by atoms with van der Waals surface area (Å²) in [5.41, 5.74) is 0.